The largest absolute Gasteiger partial charge is 0.367 e. The molecule has 0 bridgehead atoms. The molecule has 3 N–H and O–H groups in total. The molecule has 0 aliphatic carbocycles. The standard InChI is InChI=1S/C19H17FN6O/c20-15-11-23-19(24-14-4-5-16-12(9-14)10-17(27)25-16)26-18(15)22-8-6-13-3-1-2-7-21-13/h1-5,7,9,11H,6,8,10H2,(H,25,27)(H2,22,23,24,26). The number of halogens is 1. The molecular formula is C19H17FN6O. The molecular weight excluding hydrogens is 347 g/mol. The predicted octanol–water partition coefficient (Wildman–Crippen LogP) is 2.90. The summed E-state index contributed by atoms with van der Waals surface area (Å²) < 4.78 is 14.0. The Morgan fingerprint density at radius 1 is 1.19 bits per heavy atom. The summed E-state index contributed by atoms with van der Waals surface area (Å²) >= 11 is 0. The molecule has 7 nitrogen and oxygen atoms in total. The molecule has 1 aliphatic rings. The number of rotatable bonds is 6. The van der Waals surface area contributed by atoms with Crippen LogP contribution in [0.4, 0.5) is 27.5 Å². The topological polar surface area (TPSA) is 91.8 Å². The van der Waals surface area contributed by atoms with E-state index in [9.17, 15) is 9.18 Å². The summed E-state index contributed by atoms with van der Waals surface area (Å²) in [6, 6.07) is 11.2. The maximum absolute atomic E-state index is 14.0. The molecule has 4 rings (SSSR count). The SMILES string of the molecule is O=C1Cc2cc(Nc3ncc(F)c(NCCc4ccccn4)n3)ccc2N1. The lowest BCUT2D eigenvalue weighted by atomic mass is 10.1. The van der Waals surface area contributed by atoms with Crippen molar-refractivity contribution >= 4 is 29.0 Å². The van der Waals surface area contributed by atoms with E-state index < -0.39 is 5.82 Å². The second kappa shape index (κ2) is 7.36. The zero-order valence-corrected chi connectivity index (χ0v) is 14.4. The van der Waals surface area contributed by atoms with Crippen LogP contribution in [0.3, 0.4) is 0 Å². The van der Waals surface area contributed by atoms with Gasteiger partial charge >= 0.3 is 0 Å². The molecule has 1 amide bonds. The normalized spacial score (nSPS) is 12.4. The lowest BCUT2D eigenvalue weighted by molar-refractivity contribution is -0.115. The fourth-order valence-electron chi connectivity index (χ4n) is 2.84. The van der Waals surface area contributed by atoms with Crippen molar-refractivity contribution in [2.24, 2.45) is 0 Å². The van der Waals surface area contributed by atoms with Crippen LogP contribution in [0.15, 0.2) is 48.8 Å². The van der Waals surface area contributed by atoms with E-state index in [1.54, 1.807) is 6.20 Å². The monoisotopic (exact) mass is 364 g/mol. The number of carbonyl (C=O) groups is 1. The molecule has 3 aromatic rings. The number of hydrogen-bond acceptors (Lipinski definition) is 6. The molecule has 8 heteroatoms. The van der Waals surface area contributed by atoms with Crippen LogP contribution in [0.25, 0.3) is 0 Å². The summed E-state index contributed by atoms with van der Waals surface area (Å²) in [6.07, 6.45) is 3.84. The van der Waals surface area contributed by atoms with Crippen LogP contribution in [-0.2, 0) is 17.6 Å². The second-order valence-corrected chi connectivity index (χ2v) is 6.11. The van der Waals surface area contributed by atoms with Crippen molar-refractivity contribution in [2.45, 2.75) is 12.8 Å². The van der Waals surface area contributed by atoms with E-state index in [0.29, 0.717) is 19.4 Å². The Morgan fingerprint density at radius 3 is 2.96 bits per heavy atom. The van der Waals surface area contributed by atoms with Gasteiger partial charge in [0.2, 0.25) is 11.9 Å². The molecule has 136 valence electrons. The minimum absolute atomic E-state index is 0.0282. The average molecular weight is 364 g/mol. The van der Waals surface area contributed by atoms with Gasteiger partial charge in [0.25, 0.3) is 0 Å². The van der Waals surface area contributed by atoms with Gasteiger partial charge in [-0.25, -0.2) is 9.37 Å². The molecule has 0 fully saturated rings. The summed E-state index contributed by atoms with van der Waals surface area (Å²) in [6.45, 7) is 0.497. The highest BCUT2D eigenvalue weighted by molar-refractivity contribution is 5.99. The number of nitrogens with zero attached hydrogens (tertiary/aromatic N) is 3. The third kappa shape index (κ3) is 4.00. The van der Waals surface area contributed by atoms with Crippen molar-refractivity contribution in [1.82, 2.24) is 15.0 Å². The van der Waals surface area contributed by atoms with Gasteiger partial charge in [0.15, 0.2) is 11.6 Å². The number of nitrogens with one attached hydrogen (secondary N) is 3. The summed E-state index contributed by atoms with van der Waals surface area (Å²) in [5.41, 5.74) is 3.36. The van der Waals surface area contributed by atoms with Gasteiger partial charge in [-0.15, -0.1) is 0 Å². The first kappa shape index (κ1) is 16.9. The molecule has 1 aromatic carbocycles. The van der Waals surface area contributed by atoms with Crippen molar-refractivity contribution in [1.29, 1.82) is 0 Å². The molecule has 3 heterocycles. The first-order valence-corrected chi connectivity index (χ1v) is 8.53. The fourth-order valence-corrected chi connectivity index (χ4v) is 2.84. The number of pyridine rings is 1. The Labute approximate surface area is 155 Å². The molecule has 0 spiro atoms. The lowest BCUT2D eigenvalue weighted by Gasteiger charge is -2.10. The lowest BCUT2D eigenvalue weighted by Crippen LogP contribution is -2.10. The van der Waals surface area contributed by atoms with Gasteiger partial charge in [-0.1, -0.05) is 6.07 Å². The maximum atomic E-state index is 14.0. The molecule has 0 saturated carbocycles. The highest BCUT2D eigenvalue weighted by atomic mass is 19.1. The van der Waals surface area contributed by atoms with Crippen LogP contribution in [0.1, 0.15) is 11.3 Å². The third-order valence-electron chi connectivity index (χ3n) is 4.13. The summed E-state index contributed by atoms with van der Waals surface area (Å²) in [7, 11) is 0. The number of anilines is 4. The Bertz CT molecular complexity index is 979. The minimum atomic E-state index is -0.523. The Balaban J connectivity index is 1.43. The number of carbonyl (C=O) groups excluding carboxylic acids is 1. The van der Waals surface area contributed by atoms with Gasteiger partial charge in [-0.2, -0.15) is 4.98 Å². The molecule has 0 atom stereocenters. The van der Waals surface area contributed by atoms with Gasteiger partial charge in [-0.05, 0) is 35.9 Å². The molecule has 1 aliphatic heterocycles. The van der Waals surface area contributed by atoms with E-state index in [4.69, 9.17) is 0 Å². The number of amides is 1. The first-order chi connectivity index (χ1) is 13.2. The summed E-state index contributed by atoms with van der Waals surface area (Å²) in [5.74, 6) is -0.153. The van der Waals surface area contributed by atoms with Crippen molar-refractivity contribution in [3.05, 3.63) is 65.9 Å². The van der Waals surface area contributed by atoms with Crippen LogP contribution < -0.4 is 16.0 Å². The van der Waals surface area contributed by atoms with E-state index in [-0.39, 0.29) is 17.7 Å². The van der Waals surface area contributed by atoms with Crippen molar-refractivity contribution in [3.63, 3.8) is 0 Å². The molecule has 27 heavy (non-hydrogen) atoms. The Kier molecular flexibility index (Phi) is 4.61. The van der Waals surface area contributed by atoms with Gasteiger partial charge < -0.3 is 16.0 Å². The molecule has 0 unspecified atom stereocenters. The Morgan fingerprint density at radius 2 is 2.11 bits per heavy atom. The van der Waals surface area contributed by atoms with Crippen LogP contribution in [-0.4, -0.2) is 27.4 Å². The van der Waals surface area contributed by atoms with E-state index in [0.717, 1.165) is 28.8 Å². The number of hydrogen-bond donors (Lipinski definition) is 3. The van der Waals surface area contributed by atoms with Gasteiger partial charge in [0.05, 0.1) is 12.6 Å². The quantitative estimate of drug-likeness (QED) is 0.623. The Hall–Kier alpha value is -3.55. The zero-order valence-electron chi connectivity index (χ0n) is 14.4. The van der Waals surface area contributed by atoms with E-state index >= 15 is 0 Å². The predicted molar refractivity (Wildman–Crippen MR) is 100 cm³/mol. The van der Waals surface area contributed by atoms with Crippen LogP contribution >= 0.6 is 0 Å². The molecule has 0 radical (unpaired) electrons. The van der Waals surface area contributed by atoms with Crippen LogP contribution in [0.2, 0.25) is 0 Å². The average Bonchev–Trinajstić information content (AvgIpc) is 3.04. The highest BCUT2D eigenvalue weighted by Gasteiger charge is 2.17. The van der Waals surface area contributed by atoms with Gasteiger partial charge in [0.1, 0.15) is 0 Å². The minimum Gasteiger partial charge on any atom is -0.367 e. The maximum Gasteiger partial charge on any atom is 0.229 e. The van der Waals surface area contributed by atoms with Crippen molar-refractivity contribution < 1.29 is 9.18 Å². The van der Waals surface area contributed by atoms with Crippen molar-refractivity contribution in [3.8, 4) is 0 Å². The smallest absolute Gasteiger partial charge is 0.229 e. The summed E-state index contributed by atoms with van der Waals surface area (Å²) in [5, 5.41) is 8.80. The van der Waals surface area contributed by atoms with Gasteiger partial charge in [0, 0.05) is 36.2 Å². The second-order valence-electron chi connectivity index (χ2n) is 6.11. The first-order valence-electron chi connectivity index (χ1n) is 8.53. The number of fused-ring (bicyclic) bond motifs is 1. The van der Waals surface area contributed by atoms with E-state index in [1.807, 2.05) is 36.4 Å². The van der Waals surface area contributed by atoms with Crippen LogP contribution in [0.5, 0.6) is 0 Å². The summed E-state index contributed by atoms with van der Waals surface area (Å²) in [4.78, 5) is 23.8. The fraction of sp³-hybridized carbons (Fsp3) is 0.158. The van der Waals surface area contributed by atoms with Crippen LogP contribution in [0, 0.1) is 5.82 Å². The van der Waals surface area contributed by atoms with Gasteiger partial charge in [-0.3, -0.25) is 9.78 Å². The zero-order chi connectivity index (χ0) is 18.6. The van der Waals surface area contributed by atoms with E-state index in [1.165, 1.54) is 0 Å². The number of benzene rings is 1. The molecule has 0 saturated heterocycles. The number of aromatic nitrogens is 3. The van der Waals surface area contributed by atoms with E-state index in [2.05, 4.69) is 30.9 Å². The highest BCUT2D eigenvalue weighted by Crippen LogP contribution is 2.27. The third-order valence-corrected chi connectivity index (χ3v) is 4.13. The van der Waals surface area contributed by atoms with Crippen molar-refractivity contribution in [2.75, 3.05) is 22.5 Å². The molecule has 2 aromatic heterocycles.